The largest absolute Gasteiger partial charge is 0.463 e. The second-order valence-electron chi connectivity index (χ2n) is 8.36. The number of carbonyl (C=O) groups is 1. The summed E-state index contributed by atoms with van der Waals surface area (Å²) >= 11 is 0. The third-order valence-corrected chi connectivity index (χ3v) is 6.47. The van der Waals surface area contributed by atoms with E-state index in [0.29, 0.717) is 11.6 Å². The van der Waals surface area contributed by atoms with E-state index in [9.17, 15) is 10.1 Å². The first kappa shape index (κ1) is 22.5. The molecular weight excluding hydrogens is 412 g/mol. The molecule has 6 nitrogen and oxygen atoms in total. The van der Waals surface area contributed by atoms with Gasteiger partial charge in [0.05, 0.1) is 11.8 Å². The number of nitrogens with two attached hydrogens (primary N) is 1. The number of benzene rings is 2. The molecule has 0 bridgehead atoms. The Balaban J connectivity index is 1.89. The van der Waals surface area contributed by atoms with Gasteiger partial charge in [-0.1, -0.05) is 68.4 Å². The van der Waals surface area contributed by atoms with E-state index in [4.69, 9.17) is 15.5 Å². The van der Waals surface area contributed by atoms with Gasteiger partial charge in [-0.2, -0.15) is 5.26 Å². The highest BCUT2D eigenvalue weighted by Crippen LogP contribution is 2.41. The van der Waals surface area contributed by atoms with Gasteiger partial charge in [0.25, 0.3) is 5.91 Å². The zero-order valence-electron chi connectivity index (χ0n) is 19.2. The van der Waals surface area contributed by atoms with Gasteiger partial charge in [0, 0.05) is 16.7 Å². The Bertz CT molecular complexity index is 1200. The molecule has 33 heavy (non-hydrogen) atoms. The number of carbonyl (C=O) groups excluding carboxylic acids is 1. The van der Waals surface area contributed by atoms with Crippen molar-refractivity contribution in [3.05, 3.63) is 66.2 Å². The smallest absolute Gasteiger partial charge is 0.268 e. The van der Waals surface area contributed by atoms with Crippen LogP contribution in [0, 0.1) is 11.3 Å². The first-order chi connectivity index (χ1) is 15.9. The summed E-state index contributed by atoms with van der Waals surface area (Å²) in [6, 6.07) is 22.1. The molecule has 0 radical (unpaired) electrons. The summed E-state index contributed by atoms with van der Waals surface area (Å²) in [6.45, 7) is 5.81. The van der Waals surface area contributed by atoms with Crippen LogP contribution in [0.3, 0.4) is 0 Å². The van der Waals surface area contributed by atoms with Gasteiger partial charge in [-0.3, -0.25) is 9.69 Å². The Morgan fingerprint density at radius 3 is 2.36 bits per heavy atom. The molecule has 0 saturated heterocycles. The lowest BCUT2D eigenvalue weighted by Gasteiger charge is -2.31. The third-order valence-electron chi connectivity index (χ3n) is 6.47. The number of hydrogen-bond acceptors (Lipinski definition) is 5. The lowest BCUT2D eigenvalue weighted by Crippen LogP contribution is -2.45. The van der Waals surface area contributed by atoms with Crippen LogP contribution in [0.2, 0.25) is 0 Å². The normalized spacial score (nSPS) is 15.5. The van der Waals surface area contributed by atoms with Crippen molar-refractivity contribution in [1.29, 1.82) is 5.26 Å². The van der Waals surface area contributed by atoms with Crippen molar-refractivity contribution in [2.75, 3.05) is 11.4 Å². The highest BCUT2D eigenvalue weighted by Gasteiger charge is 2.34. The van der Waals surface area contributed by atoms with Gasteiger partial charge in [-0.15, -0.1) is 0 Å². The van der Waals surface area contributed by atoms with Gasteiger partial charge in [-0.05, 0) is 37.0 Å². The summed E-state index contributed by atoms with van der Waals surface area (Å²) < 4.78 is 5.85. The molecule has 0 saturated carbocycles. The van der Waals surface area contributed by atoms with Crippen LogP contribution < -0.4 is 15.4 Å². The summed E-state index contributed by atoms with van der Waals surface area (Å²) in [5.74, 6) is 0.103. The first-order valence-corrected chi connectivity index (χ1v) is 11.3. The van der Waals surface area contributed by atoms with Crippen molar-refractivity contribution in [2.45, 2.75) is 45.3 Å². The number of pyridine rings is 1. The Hall–Kier alpha value is -3.69. The minimum absolute atomic E-state index is 0.0594. The molecule has 1 aromatic heterocycles. The Morgan fingerprint density at radius 2 is 1.76 bits per heavy atom. The number of aromatic nitrogens is 1. The van der Waals surface area contributed by atoms with Crippen LogP contribution in [0.4, 0.5) is 5.69 Å². The first-order valence-electron chi connectivity index (χ1n) is 11.3. The third kappa shape index (κ3) is 4.08. The lowest BCUT2D eigenvalue weighted by molar-refractivity contribution is -0.125. The molecule has 2 N–H and O–H groups in total. The molecule has 0 fully saturated rings. The van der Waals surface area contributed by atoms with Gasteiger partial charge in [0.15, 0.2) is 6.10 Å². The number of fused-ring (bicyclic) bond motifs is 1. The van der Waals surface area contributed by atoms with Crippen LogP contribution in [-0.4, -0.2) is 23.5 Å². The molecule has 1 unspecified atom stereocenters. The second kappa shape index (κ2) is 9.05. The molecule has 0 aliphatic carbocycles. The van der Waals surface area contributed by atoms with E-state index in [2.05, 4.69) is 32.0 Å². The van der Waals surface area contributed by atoms with E-state index in [1.54, 1.807) is 6.92 Å². The summed E-state index contributed by atoms with van der Waals surface area (Å²) in [6.07, 6.45) is 0.996. The monoisotopic (exact) mass is 440 g/mol. The quantitative estimate of drug-likeness (QED) is 0.543. The van der Waals surface area contributed by atoms with Gasteiger partial charge in [0.2, 0.25) is 5.88 Å². The fourth-order valence-electron chi connectivity index (χ4n) is 4.23. The molecule has 1 amide bonds. The number of hydrogen-bond donors (Lipinski definition) is 1. The van der Waals surface area contributed by atoms with Crippen LogP contribution in [0.15, 0.2) is 60.7 Å². The molecule has 1 atom stereocenters. The maximum absolute atomic E-state index is 12.7. The van der Waals surface area contributed by atoms with Gasteiger partial charge in [0.1, 0.15) is 12.2 Å². The zero-order valence-corrected chi connectivity index (χ0v) is 19.2. The average Bonchev–Trinajstić information content (AvgIpc) is 2.86. The van der Waals surface area contributed by atoms with Gasteiger partial charge in [-0.25, -0.2) is 4.98 Å². The van der Waals surface area contributed by atoms with Crippen molar-refractivity contribution >= 4 is 11.6 Å². The molecular formula is C27H28N4O2. The number of nitriles is 1. The van der Waals surface area contributed by atoms with Crippen LogP contribution in [-0.2, 0) is 10.3 Å². The number of rotatable bonds is 6. The fraction of sp³-hybridized carbons (Fsp3) is 0.296. The highest BCUT2D eigenvalue weighted by molar-refractivity contribution is 6.01. The van der Waals surface area contributed by atoms with Crippen molar-refractivity contribution in [3.63, 3.8) is 0 Å². The second-order valence-corrected chi connectivity index (χ2v) is 8.36. The average molecular weight is 441 g/mol. The standard InChI is InChI=1S/C27H28N4O2/c1-4-27(29,5-2)21-13-11-20(12-14-21)24-22(19-9-7-6-8-10-19)17-23-25(30-24)33-18(3)26(32)31(23)16-15-28/h6-14,17-18H,4-5,16,29H2,1-3H3. The van der Waals surface area contributed by atoms with Crippen molar-refractivity contribution in [1.82, 2.24) is 4.98 Å². The van der Waals surface area contributed by atoms with Crippen LogP contribution >= 0.6 is 0 Å². The molecule has 2 heterocycles. The van der Waals surface area contributed by atoms with Crippen molar-refractivity contribution < 1.29 is 9.53 Å². The number of ether oxygens (including phenoxy) is 1. The van der Waals surface area contributed by atoms with Crippen LogP contribution in [0.1, 0.15) is 39.2 Å². The molecule has 2 aromatic carbocycles. The van der Waals surface area contributed by atoms with Crippen LogP contribution in [0.5, 0.6) is 5.88 Å². The minimum Gasteiger partial charge on any atom is -0.463 e. The van der Waals surface area contributed by atoms with E-state index in [1.807, 2.05) is 48.5 Å². The minimum atomic E-state index is -0.705. The number of nitrogens with zero attached hydrogens (tertiary/aromatic N) is 3. The summed E-state index contributed by atoms with van der Waals surface area (Å²) in [7, 11) is 0. The van der Waals surface area contributed by atoms with E-state index < -0.39 is 6.10 Å². The zero-order chi connectivity index (χ0) is 23.6. The SMILES string of the molecule is CCC(N)(CC)c1ccc(-c2nc3c(cc2-c2ccccc2)N(CC#N)C(=O)C(C)O3)cc1. The Kier molecular flexibility index (Phi) is 6.17. The molecule has 3 aromatic rings. The van der Waals surface area contributed by atoms with Gasteiger partial charge >= 0.3 is 0 Å². The number of amides is 1. The molecule has 1 aliphatic heterocycles. The predicted molar refractivity (Wildman–Crippen MR) is 130 cm³/mol. The molecule has 168 valence electrons. The van der Waals surface area contributed by atoms with Crippen LogP contribution in [0.25, 0.3) is 22.4 Å². The lowest BCUT2D eigenvalue weighted by atomic mass is 9.85. The maximum atomic E-state index is 12.7. The predicted octanol–water partition coefficient (Wildman–Crippen LogP) is 5.03. The van der Waals surface area contributed by atoms with E-state index in [1.165, 1.54) is 4.90 Å². The highest BCUT2D eigenvalue weighted by atomic mass is 16.5. The Labute approximate surface area is 194 Å². The summed E-state index contributed by atoms with van der Waals surface area (Å²) in [5.41, 5.74) is 11.3. The molecule has 0 spiro atoms. The topological polar surface area (TPSA) is 92.2 Å². The summed E-state index contributed by atoms with van der Waals surface area (Å²) in [4.78, 5) is 19.0. The maximum Gasteiger partial charge on any atom is 0.268 e. The molecule has 4 rings (SSSR count). The van der Waals surface area contributed by atoms with E-state index in [0.717, 1.165) is 40.8 Å². The van der Waals surface area contributed by atoms with E-state index >= 15 is 0 Å². The number of anilines is 1. The Morgan fingerprint density at radius 1 is 1.09 bits per heavy atom. The fourth-order valence-corrected chi connectivity index (χ4v) is 4.23. The molecule has 1 aliphatic rings. The van der Waals surface area contributed by atoms with E-state index in [-0.39, 0.29) is 18.0 Å². The summed E-state index contributed by atoms with van der Waals surface area (Å²) in [5, 5.41) is 9.28. The van der Waals surface area contributed by atoms with Crippen molar-refractivity contribution in [3.8, 4) is 34.3 Å². The van der Waals surface area contributed by atoms with Gasteiger partial charge < -0.3 is 10.5 Å². The van der Waals surface area contributed by atoms with Crippen molar-refractivity contribution in [2.24, 2.45) is 5.73 Å². The molecule has 6 heteroatoms.